The molecule has 0 aromatic carbocycles. The van der Waals surface area contributed by atoms with Gasteiger partial charge in [-0.1, -0.05) is 39.0 Å². The van der Waals surface area contributed by atoms with Crippen LogP contribution >= 0.6 is 22.7 Å². The number of amides is 1. The Morgan fingerprint density at radius 3 is 2.60 bits per heavy atom. The lowest BCUT2D eigenvalue weighted by Gasteiger charge is -2.05. The molecule has 0 radical (unpaired) electrons. The zero-order chi connectivity index (χ0) is 14.7. The van der Waals surface area contributed by atoms with Gasteiger partial charge in [-0.05, 0) is 5.92 Å². The molecule has 1 amide bonds. The fourth-order valence-corrected chi connectivity index (χ4v) is 3.29. The topological polar surface area (TPSA) is 67.8 Å². The number of nitrogens with one attached hydrogen (secondary N) is 1. The minimum Gasteiger partial charge on any atom is -0.345 e. The summed E-state index contributed by atoms with van der Waals surface area (Å²) in [7, 11) is 0. The summed E-state index contributed by atoms with van der Waals surface area (Å²) in [5, 5.41) is 12.9. The summed E-state index contributed by atoms with van der Waals surface area (Å²) in [6, 6.07) is 0. The fraction of sp³-hybridized carbons (Fsp3) is 0.538. The summed E-state index contributed by atoms with van der Waals surface area (Å²) >= 11 is 2.92. The molecule has 0 aliphatic rings. The summed E-state index contributed by atoms with van der Waals surface area (Å²) in [5.41, 5.74) is 2.57. The lowest BCUT2D eigenvalue weighted by Crippen LogP contribution is -2.23. The number of carbonyl (C=O) groups is 1. The van der Waals surface area contributed by atoms with Crippen LogP contribution < -0.4 is 5.32 Å². The molecule has 7 heteroatoms. The monoisotopic (exact) mass is 310 g/mol. The molecule has 1 N–H and O–H groups in total. The van der Waals surface area contributed by atoms with Crippen molar-refractivity contribution < 1.29 is 4.79 Å². The Labute approximate surface area is 126 Å². The van der Waals surface area contributed by atoms with Gasteiger partial charge in [0.15, 0.2) is 0 Å². The second-order valence-corrected chi connectivity index (χ2v) is 7.04. The minimum atomic E-state index is -0.0857. The van der Waals surface area contributed by atoms with Crippen LogP contribution in [-0.2, 0) is 6.54 Å². The van der Waals surface area contributed by atoms with Gasteiger partial charge in [0.25, 0.3) is 5.91 Å². The van der Waals surface area contributed by atoms with Gasteiger partial charge in [-0.25, -0.2) is 4.98 Å². The van der Waals surface area contributed by atoms with Gasteiger partial charge in [0.2, 0.25) is 0 Å². The Kier molecular flexibility index (Phi) is 4.82. The zero-order valence-electron chi connectivity index (χ0n) is 12.0. The molecule has 0 aliphatic heterocycles. The molecule has 108 valence electrons. The van der Waals surface area contributed by atoms with Crippen molar-refractivity contribution in [2.75, 3.05) is 0 Å². The summed E-state index contributed by atoms with van der Waals surface area (Å²) in [6.45, 7) is 8.64. The summed E-state index contributed by atoms with van der Waals surface area (Å²) in [4.78, 5) is 17.1. The average molecular weight is 310 g/mol. The largest absolute Gasteiger partial charge is 0.345 e. The first-order chi connectivity index (χ1) is 9.49. The zero-order valence-corrected chi connectivity index (χ0v) is 13.6. The SMILES string of the molecule is CC(C)c1nnc(CNC(=O)c2scnc2C(C)C)s1. The molecular formula is C13H18N4OS2. The van der Waals surface area contributed by atoms with Crippen LogP contribution in [0, 0.1) is 0 Å². The molecule has 2 aromatic heterocycles. The second kappa shape index (κ2) is 6.41. The number of carbonyl (C=O) groups excluding carboxylic acids is 1. The van der Waals surface area contributed by atoms with Crippen molar-refractivity contribution in [3.8, 4) is 0 Å². The van der Waals surface area contributed by atoms with E-state index in [0.29, 0.717) is 17.3 Å². The van der Waals surface area contributed by atoms with Crippen LogP contribution in [0.2, 0.25) is 0 Å². The van der Waals surface area contributed by atoms with E-state index in [4.69, 9.17) is 0 Å². The first-order valence-corrected chi connectivity index (χ1v) is 8.22. The summed E-state index contributed by atoms with van der Waals surface area (Å²) < 4.78 is 0. The van der Waals surface area contributed by atoms with Crippen LogP contribution in [0.1, 0.15) is 64.9 Å². The van der Waals surface area contributed by atoms with E-state index in [9.17, 15) is 4.79 Å². The molecule has 0 saturated heterocycles. The maximum Gasteiger partial charge on any atom is 0.263 e. The summed E-state index contributed by atoms with van der Waals surface area (Å²) in [5.74, 6) is 0.527. The highest BCUT2D eigenvalue weighted by Crippen LogP contribution is 2.22. The third-order valence-electron chi connectivity index (χ3n) is 2.72. The highest BCUT2D eigenvalue weighted by atomic mass is 32.1. The molecule has 2 rings (SSSR count). The van der Waals surface area contributed by atoms with Crippen LogP contribution in [0.4, 0.5) is 0 Å². The third-order valence-corrected chi connectivity index (χ3v) is 4.79. The Hall–Kier alpha value is -1.34. The molecule has 20 heavy (non-hydrogen) atoms. The number of hydrogen-bond acceptors (Lipinski definition) is 6. The highest BCUT2D eigenvalue weighted by Gasteiger charge is 2.17. The molecule has 0 unspecified atom stereocenters. The average Bonchev–Trinajstić information content (AvgIpc) is 3.04. The quantitative estimate of drug-likeness (QED) is 0.921. The van der Waals surface area contributed by atoms with Crippen molar-refractivity contribution in [2.24, 2.45) is 0 Å². The van der Waals surface area contributed by atoms with E-state index in [-0.39, 0.29) is 11.8 Å². The summed E-state index contributed by atoms with van der Waals surface area (Å²) in [6.07, 6.45) is 0. The predicted octanol–water partition coefficient (Wildman–Crippen LogP) is 3.17. The molecule has 0 spiro atoms. The van der Waals surface area contributed by atoms with Gasteiger partial charge in [0.1, 0.15) is 14.9 Å². The Balaban J connectivity index is 1.99. The van der Waals surface area contributed by atoms with E-state index in [1.807, 2.05) is 13.8 Å². The first kappa shape index (κ1) is 15.1. The van der Waals surface area contributed by atoms with Crippen molar-refractivity contribution in [3.63, 3.8) is 0 Å². The Morgan fingerprint density at radius 1 is 1.25 bits per heavy atom. The molecule has 2 heterocycles. The van der Waals surface area contributed by atoms with E-state index in [1.54, 1.807) is 16.8 Å². The van der Waals surface area contributed by atoms with E-state index < -0.39 is 0 Å². The Morgan fingerprint density at radius 2 is 2.00 bits per heavy atom. The van der Waals surface area contributed by atoms with E-state index in [2.05, 4.69) is 34.3 Å². The van der Waals surface area contributed by atoms with Crippen LogP contribution in [-0.4, -0.2) is 21.1 Å². The van der Waals surface area contributed by atoms with Gasteiger partial charge in [-0.3, -0.25) is 4.79 Å². The molecule has 0 saturated carbocycles. The fourth-order valence-electron chi connectivity index (χ4n) is 1.64. The number of nitrogens with zero attached hydrogens (tertiary/aromatic N) is 3. The van der Waals surface area contributed by atoms with Gasteiger partial charge in [-0.15, -0.1) is 21.5 Å². The Bertz CT molecular complexity index is 589. The van der Waals surface area contributed by atoms with Gasteiger partial charge in [0.05, 0.1) is 17.7 Å². The molecule has 0 aliphatic carbocycles. The van der Waals surface area contributed by atoms with Crippen molar-refractivity contribution in [3.05, 3.63) is 26.1 Å². The van der Waals surface area contributed by atoms with Crippen molar-refractivity contribution in [2.45, 2.75) is 46.1 Å². The third kappa shape index (κ3) is 3.40. The number of aromatic nitrogens is 3. The van der Waals surface area contributed by atoms with Crippen LogP contribution in [0.25, 0.3) is 0 Å². The molecule has 0 bridgehead atoms. The number of hydrogen-bond donors (Lipinski definition) is 1. The van der Waals surface area contributed by atoms with Crippen molar-refractivity contribution >= 4 is 28.6 Å². The van der Waals surface area contributed by atoms with Crippen LogP contribution in [0.5, 0.6) is 0 Å². The van der Waals surface area contributed by atoms with Gasteiger partial charge in [-0.2, -0.15) is 0 Å². The first-order valence-electron chi connectivity index (χ1n) is 6.53. The van der Waals surface area contributed by atoms with Crippen molar-refractivity contribution in [1.82, 2.24) is 20.5 Å². The molecule has 5 nitrogen and oxygen atoms in total. The lowest BCUT2D eigenvalue weighted by molar-refractivity contribution is 0.0953. The molecular weight excluding hydrogens is 292 g/mol. The van der Waals surface area contributed by atoms with Gasteiger partial charge < -0.3 is 5.32 Å². The van der Waals surface area contributed by atoms with Crippen LogP contribution in [0.3, 0.4) is 0 Å². The molecule has 0 atom stereocenters. The predicted molar refractivity (Wildman–Crippen MR) is 81.4 cm³/mol. The lowest BCUT2D eigenvalue weighted by atomic mass is 10.1. The number of thiazole rings is 1. The maximum atomic E-state index is 12.2. The van der Waals surface area contributed by atoms with Gasteiger partial charge >= 0.3 is 0 Å². The smallest absolute Gasteiger partial charge is 0.263 e. The number of rotatable bonds is 5. The molecule has 2 aromatic rings. The van der Waals surface area contributed by atoms with Crippen molar-refractivity contribution in [1.29, 1.82) is 0 Å². The van der Waals surface area contributed by atoms with E-state index >= 15 is 0 Å². The van der Waals surface area contributed by atoms with Crippen LogP contribution in [0.15, 0.2) is 5.51 Å². The standard InChI is InChI=1S/C13H18N4OS2/c1-7(2)10-11(19-6-15-10)12(18)14-5-9-16-17-13(20-9)8(3)4/h6-8H,5H2,1-4H3,(H,14,18). The second-order valence-electron chi connectivity index (χ2n) is 5.09. The van der Waals surface area contributed by atoms with E-state index in [1.165, 1.54) is 11.3 Å². The van der Waals surface area contributed by atoms with E-state index in [0.717, 1.165) is 15.7 Å². The minimum absolute atomic E-state index is 0.0857. The van der Waals surface area contributed by atoms with Gasteiger partial charge in [0, 0.05) is 5.92 Å². The normalized spacial score (nSPS) is 11.3. The maximum absolute atomic E-state index is 12.2. The highest BCUT2D eigenvalue weighted by molar-refractivity contribution is 7.12. The molecule has 0 fully saturated rings.